The number of hydrogen-bond donors (Lipinski definition) is 2. The molecule has 3 rings (SSSR count). The van der Waals surface area contributed by atoms with Gasteiger partial charge in [-0.1, -0.05) is 0 Å². The van der Waals surface area contributed by atoms with Crippen molar-refractivity contribution in [3.8, 4) is 11.5 Å². The predicted octanol–water partition coefficient (Wildman–Crippen LogP) is 4.21. The van der Waals surface area contributed by atoms with Crippen LogP contribution >= 0.6 is 0 Å². The molecule has 7 nitrogen and oxygen atoms in total. The molecule has 0 radical (unpaired) electrons. The molecule has 11 heteroatoms. The maximum absolute atomic E-state index is 13.4. The van der Waals surface area contributed by atoms with E-state index in [9.17, 15) is 31.9 Å². The van der Waals surface area contributed by atoms with Crippen molar-refractivity contribution >= 4 is 23.3 Å². The molecule has 1 aromatic heterocycles. The molecule has 2 N–H and O–H groups in total. The molecular formula is C22H15F4N3O4. The van der Waals surface area contributed by atoms with E-state index in [1.807, 2.05) is 5.32 Å². The van der Waals surface area contributed by atoms with Crippen molar-refractivity contribution in [1.82, 2.24) is 10.3 Å². The molecule has 0 saturated carbocycles. The van der Waals surface area contributed by atoms with Crippen molar-refractivity contribution in [1.29, 1.82) is 0 Å². The van der Waals surface area contributed by atoms with Gasteiger partial charge in [0.15, 0.2) is 0 Å². The number of hydrogen-bond acceptors (Lipinski definition) is 5. The predicted molar refractivity (Wildman–Crippen MR) is 109 cm³/mol. The number of Topliss-reactive ketones (excluding diaryl/α,β-unsaturated/α-hetero) is 1. The Hall–Kier alpha value is -4.28. The lowest BCUT2D eigenvalue weighted by Gasteiger charge is -2.11. The fourth-order valence-electron chi connectivity index (χ4n) is 2.68. The van der Waals surface area contributed by atoms with Crippen LogP contribution in [-0.4, -0.2) is 29.6 Å². The summed E-state index contributed by atoms with van der Waals surface area (Å²) in [4.78, 5) is 40.0. The topological polar surface area (TPSA) is 97.4 Å². The minimum Gasteiger partial charge on any atom is -0.457 e. The minimum atomic E-state index is -4.96. The minimum absolute atomic E-state index is 0.0567. The van der Waals surface area contributed by atoms with Crippen LogP contribution < -0.4 is 15.4 Å². The zero-order valence-electron chi connectivity index (χ0n) is 16.9. The summed E-state index contributed by atoms with van der Waals surface area (Å²) in [6.07, 6.45) is -3.58. The molecule has 2 amide bonds. The third-order valence-electron chi connectivity index (χ3n) is 4.28. The Balaban J connectivity index is 1.69. The highest BCUT2D eigenvalue weighted by atomic mass is 19.4. The summed E-state index contributed by atoms with van der Waals surface area (Å²) >= 11 is 0. The fraction of sp³-hybridized carbons (Fsp3) is 0.0909. The highest BCUT2D eigenvalue weighted by molar-refractivity contribution is 6.46. The van der Waals surface area contributed by atoms with Crippen LogP contribution in [0.25, 0.3) is 0 Å². The van der Waals surface area contributed by atoms with E-state index >= 15 is 0 Å². The van der Waals surface area contributed by atoms with Gasteiger partial charge in [-0.2, -0.15) is 13.2 Å². The second-order valence-electron chi connectivity index (χ2n) is 6.56. The van der Waals surface area contributed by atoms with E-state index in [2.05, 4.69) is 10.3 Å². The van der Waals surface area contributed by atoms with Crippen LogP contribution in [0, 0.1) is 5.82 Å². The molecule has 0 bridgehead atoms. The van der Waals surface area contributed by atoms with Crippen molar-refractivity contribution < 1.29 is 36.7 Å². The van der Waals surface area contributed by atoms with E-state index in [0.717, 1.165) is 6.07 Å². The Kier molecular flexibility index (Phi) is 6.71. The lowest BCUT2D eigenvalue weighted by atomic mass is 10.1. The van der Waals surface area contributed by atoms with Gasteiger partial charge in [0.1, 0.15) is 23.0 Å². The van der Waals surface area contributed by atoms with Crippen molar-refractivity contribution in [3.63, 3.8) is 0 Å². The summed E-state index contributed by atoms with van der Waals surface area (Å²) in [7, 11) is 1.45. The summed E-state index contributed by atoms with van der Waals surface area (Å²) in [5.41, 5.74) is -1.87. The van der Waals surface area contributed by atoms with Crippen LogP contribution in [0.15, 0.2) is 60.8 Å². The number of nitrogens with one attached hydrogen (secondary N) is 2. The quantitative estimate of drug-likeness (QED) is 0.326. The van der Waals surface area contributed by atoms with E-state index in [1.54, 1.807) is 0 Å². The average Bonchev–Trinajstić information content (AvgIpc) is 2.79. The monoisotopic (exact) mass is 461 g/mol. The first-order chi connectivity index (χ1) is 15.6. The highest BCUT2D eigenvalue weighted by Gasteiger charge is 2.34. The molecule has 2 aromatic carbocycles. The third kappa shape index (κ3) is 5.70. The standard InChI is InChI=1S/C22H15F4N3O4/c1-27-20(31)18-11-15(8-9-28-18)33-14-5-2-12(3-6-14)19(30)21(32)29-13-4-7-17(23)16(10-13)22(24,25)26/h2-11H,1H3,(H,27,31)(H,29,32). The van der Waals surface area contributed by atoms with Crippen LogP contribution in [-0.2, 0) is 11.0 Å². The number of ketones is 1. The van der Waals surface area contributed by atoms with Crippen LogP contribution in [0.5, 0.6) is 11.5 Å². The molecule has 0 spiro atoms. The lowest BCUT2D eigenvalue weighted by molar-refractivity contribution is -0.140. The van der Waals surface area contributed by atoms with Gasteiger partial charge in [0.05, 0.1) is 5.56 Å². The summed E-state index contributed by atoms with van der Waals surface area (Å²) in [6.45, 7) is 0. The molecule has 0 saturated heterocycles. The number of pyridine rings is 1. The molecule has 0 atom stereocenters. The molecule has 33 heavy (non-hydrogen) atoms. The number of benzene rings is 2. The molecule has 0 unspecified atom stereocenters. The molecule has 0 fully saturated rings. The van der Waals surface area contributed by atoms with Crippen molar-refractivity contribution in [2.24, 2.45) is 0 Å². The Labute approximate surface area is 184 Å². The Morgan fingerprint density at radius 1 is 0.939 bits per heavy atom. The summed E-state index contributed by atoms with van der Waals surface area (Å²) in [6, 6.07) is 10.1. The van der Waals surface area contributed by atoms with E-state index in [0.29, 0.717) is 17.9 Å². The van der Waals surface area contributed by atoms with E-state index in [4.69, 9.17) is 4.74 Å². The number of halogens is 4. The number of ether oxygens (including phenoxy) is 1. The van der Waals surface area contributed by atoms with Crippen LogP contribution in [0.1, 0.15) is 26.4 Å². The number of alkyl halides is 3. The molecule has 1 heterocycles. The van der Waals surface area contributed by atoms with E-state index in [1.165, 1.54) is 49.6 Å². The normalized spacial score (nSPS) is 10.9. The molecule has 0 aliphatic carbocycles. The van der Waals surface area contributed by atoms with Gasteiger partial charge in [-0.3, -0.25) is 19.4 Å². The second kappa shape index (κ2) is 9.47. The number of rotatable bonds is 6. The van der Waals surface area contributed by atoms with Gasteiger partial charge >= 0.3 is 6.18 Å². The SMILES string of the molecule is CNC(=O)c1cc(Oc2ccc(C(=O)C(=O)Nc3ccc(F)c(C(F)(F)F)c3)cc2)ccn1. The highest BCUT2D eigenvalue weighted by Crippen LogP contribution is 2.33. The van der Waals surface area contributed by atoms with Crippen LogP contribution in [0.3, 0.4) is 0 Å². The Morgan fingerprint density at radius 3 is 2.27 bits per heavy atom. The Morgan fingerprint density at radius 2 is 1.64 bits per heavy atom. The second-order valence-corrected chi connectivity index (χ2v) is 6.56. The molecule has 0 aliphatic rings. The van der Waals surface area contributed by atoms with E-state index < -0.39 is 35.2 Å². The summed E-state index contributed by atoms with van der Waals surface area (Å²) < 4.78 is 57.4. The van der Waals surface area contributed by atoms with Crippen molar-refractivity contribution in [2.45, 2.75) is 6.18 Å². The maximum Gasteiger partial charge on any atom is 0.419 e. The van der Waals surface area contributed by atoms with Crippen LogP contribution in [0.2, 0.25) is 0 Å². The van der Waals surface area contributed by atoms with Gasteiger partial charge in [-0.25, -0.2) is 4.39 Å². The van der Waals surface area contributed by atoms with E-state index in [-0.39, 0.29) is 22.7 Å². The smallest absolute Gasteiger partial charge is 0.419 e. The number of anilines is 1. The first-order valence-corrected chi connectivity index (χ1v) is 9.27. The largest absolute Gasteiger partial charge is 0.457 e. The number of nitrogens with zero attached hydrogens (tertiary/aromatic N) is 1. The van der Waals surface area contributed by atoms with Gasteiger partial charge in [0.2, 0.25) is 0 Å². The van der Waals surface area contributed by atoms with Gasteiger partial charge in [-0.15, -0.1) is 0 Å². The summed E-state index contributed by atoms with van der Waals surface area (Å²) in [5.74, 6) is -3.54. The summed E-state index contributed by atoms with van der Waals surface area (Å²) in [5, 5.41) is 4.45. The fourth-order valence-corrected chi connectivity index (χ4v) is 2.68. The van der Waals surface area contributed by atoms with Gasteiger partial charge in [0.25, 0.3) is 17.6 Å². The van der Waals surface area contributed by atoms with Crippen molar-refractivity contribution in [2.75, 3.05) is 12.4 Å². The maximum atomic E-state index is 13.4. The van der Waals surface area contributed by atoms with Crippen LogP contribution in [0.4, 0.5) is 23.2 Å². The number of amides is 2. The zero-order valence-corrected chi connectivity index (χ0v) is 16.9. The van der Waals surface area contributed by atoms with Gasteiger partial charge in [-0.05, 0) is 48.5 Å². The molecule has 0 aliphatic heterocycles. The zero-order chi connectivity index (χ0) is 24.2. The first-order valence-electron chi connectivity index (χ1n) is 9.27. The molecule has 170 valence electrons. The number of carbonyl (C=O) groups excluding carboxylic acids is 3. The molecular weight excluding hydrogens is 446 g/mol. The van der Waals surface area contributed by atoms with Gasteiger partial charge in [0, 0.05) is 30.6 Å². The van der Waals surface area contributed by atoms with Crippen molar-refractivity contribution in [3.05, 3.63) is 83.4 Å². The third-order valence-corrected chi connectivity index (χ3v) is 4.28. The average molecular weight is 461 g/mol. The number of carbonyl (C=O) groups is 3. The first kappa shape index (κ1) is 23.4. The Bertz CT molecular complexity index is 1210. The number of aromatic nitrogens is 1. The lowest BCUT2D eigenvalue weighted by Crippen LogP contribution is -2.23. The molecule has 3 aromatic rings. The van der Waals surface area contributed by atoms with Gasteiger partial charge < -0.3 is 15.4 Å².